The van der Waals surface area contributed by atoms with Gasteiger partial charge in [-0.3, -0.25) is 0 Å². The van der Waals surface area contributed by atoms with E-state index in [9.17, 15) is 4.79 Å². The molecule has 1 fully saturated rings. The van der Waals surface area contributed by atoms with Crippen molar-refractivity contribution in [1.82, 2.24) is 4.90 Å². The van der Waals surface area contributed by atoms with Gasteiger partial charge >= 0.3 is 6.09 Å². The first kappa shape index (κ1) is 12.3. The van der Waals surface area contributed by atoms with Crippen molar-refractivity contribution in [1.29, 1.82) is 0 Å². The van der Waals surface area contributed by atoms with Crippen molar-refractivity contribution in [2.45, 2.75) is 52.6 Å². The molecule has 0 aromatic carbocycles. The quantitative estimate of drug-likeness (QED) is 0.721. The number of hydrogen-bond donors (Lipinski definition) is 0. The van der Waals surface area contributed by atoms with Gasteiger partial charge in [-0.15, -0.1) is 0 Å². The topological polar surface area (TPSA) is 29.5 Å². The highest BCUT2D eigenvalue weighted by molar-refractivity contribution is 5.68. The summed E-state index contributed by atoms with van der Waals surface area (Å²) in [6.07, 6.45) is 3.67. The molecule has 88 valence electrons. The molecule has 3 heteroatoms. The van der Waals surface area contributed by atoms with Gasteiger partial charge in [-0.25, -0.2) is 4.79 Å². The molecule has 1 aliphatic carbocycles. The van der Waals surface area contributed by atoms with Gasteiger partial charge in [0, 0.05) is 13.1 Å². The van der Waals surface area contributed by atoms with Gasteiger partial charge in [0.2, 0.25) is 0 Å². The van der Waals surface area contributed by atoms with Crippen LogP contribution in [0.4, 0.5) is 4.79 Å². The van der Waals surface area contributed by atoms with Crippen molar-refractivity contribution in [3.8, 4) is 0 Å². The van der Waals surface area contributed by atoms with Crippen LogP contribution in [0.25, 0.3) is 0 Å². The fourth-order valence-electron chi connectivity index (χ4n) is 1.65. The molecular formula is C12H23NO2. The molecule has 0 radical (unpaired) electrons. The van der Waals surface area contributed by atoms with Crippen molar-refractivity contribution in [3.63, 3.8) is 0 Å². The smallest absolute Gasteiger partial charge is 0.410 e. The first-order valence-electron chi connectivity index (χ1n) is 5.90. The Hall–Kier alpha value is -0.730. The van der Waals surface area contributed by atoms with E-state index in [1.807, 2.05) is 32.6 Å². The second kappa shape index (κ2) is 4.86. The van der Waals surface area contributed by atoms with E-state index in [4.69, 9.17) is 4.74 Å². The number of ether oxygens (including phenoxy) is 1. The van der Waals surface area contributed by atoms with Crippen LogP contribution in [0.3, 0.4) is 0 Å². The van der Waals surface area contributed by atoms with Crippen LogP contribution >= 0.6 is 0 Å². The van der Waals surface area contributed by atoms with Gasteiger partial charge in [0.05, 0.1) is 0 Å². The molecule has 3 nitrogen and oxygen atoms in total. The monoisotopic (exact) mass is 213 g/mol. The third-order valence-corrected chi connectivity index (χ3v) is 2.74. The summed E-state index contributed by atoms with van der Waals surface area (Å²) in [5, 5.41) is 0. The fraction of sp³-hybridized carbons (Fsp3) is 0.917. The maximum Gasteiger partial charge on any atom is 0.410 e. The van der Waals surface area contributed by atoms with E-state index >= 15 is 0 Å². The second-order valence-electron chi connectivity index (χ2n) is 5.32. The Bertz CT molecular complexity index is 216. The summed E-state index contributed by atoms with van der Waals surface area (Å²) in [5.41, 5.74) is -0.385. The van der Waals surface area contributed by atoms with E-state index in [-0.39, 0.29) is 11.7 Å². The molecule has 1 saturated carbocycles. The predicted octanol–water partition coefficient (Wildman–Crippen LogP) is 3.04. The highest BCUT2D eigenvalue weighted by Crippen LogP contribution is 2.27. The van der Waals surface area contributed by atoms with E-state index in [0.29, 0.717) is 5.92 Å². The predicted molar refractivity (Wildman–Crippen MR) is 60.8 cm³/mol. The third-order valence-electron chi connectivity index (χ3n) is 2.74. The molecule has 0 atom stereocenters. The molecular weight excluding hydrogens is 190 g/mol. The first-order valence-corrected chi connectivity index (χ1v) is 5.90. The molecule has 0 bridgehead atoms. The molecule has 15 heavy (non-hydrogen) atoms. The van der Waals surface area contributed by atoms with Gasteiger partial charge in [0.25, 0.3) is 0 Å². The molecule has 0 heterocycles. The molecule has 1 amide bonds. The number of hydrogen-bond acceptors (Lipinski definition) is 2. The van der Waals surface area contributed by atoms with Gasteiger partial charge in [-0.1, -0.05) is 6.42 Å². The van der Waals surface area contributed by atoms with Crippen molar-refractivity contribution in [2.24, 2.45) is 5.92 Å². The summed E-state index contributed by atoms with van der Waals surface area (Å²) in [7, 11) is 0. The van der Waals surface area contributed by atoms with Crippen molar-refractivity contribution >= 4 is 6.09 Å². The standard InChI is InChI=1S/C12H23NO2/c1-5-13(9-10-7-6-8-10)11(14)15-12(2,3)4/h10H,5-9H2,1-4H3. The lowest BCUT2D eigenvalue weighted by Crippen LogP contribution is -2.40. The summed E-state index contributed by atoms with van der Waals surface area (Å²) in [6.45, 7) is 9.33. The van der Waals surface area contributed by atoms with E-state index < -0.39 is 0 Å². The number of amides is 1. The lowest BCUT2D eigenvalue weighted by atomic mass is 9.85. The Morgan fingerprint density at radius 2 is 2.00 bits per heavy atom. The molecule has 0 aromatic heterocycles. The Kier molecular flexibility index (Phi) is 4.00. The summed E-state index contributed by atoms with van der Waals surface area (Å²) in [5.74, 6) is 0.706. The largest absolute Gasteiger partial charge is 0.444 e. The van der Waals surface area contributed by atoms with Gasteiger partial charge in [0.15, 0.2) is 0 Å². The molecule has 0 unspecified atom stereocenters. The molecule has 0 spiro atoms. The number of carbonyl (C=O) groups is 1. The summed E-state index contributed by atoms with van der Waals surface area (Å²) in [4.78, 5) is 13.6. The second-order valence-corrected chi connectivity index (χ2v) is 5.32. The van der Waals surface area contributed by atoms with Crippen LogP contribution in [0, 0.1) is 5.92 Å². The number of rotatable bonds is 3. The Morgan fingerprint density at radius 3 is 2.33 bits per heavy atom. The molecule has 0 aromatic rings. The van der Waals surface area contributed by atoms with Gasteiger partial charge in [-0.2, -0.15) is 0 Å². The molecule has 0 N–H and O–H groups in total. The maximum atomic E-state index is 11.8. The zero-order valence-electron chi connectivity index (χ0n) is 10.4. The van der Waals surface area contributed by atoms with Crippen LogP contribution in [0.15, 0.2) is 0 Å². The highest BCUT2D eigenvalue weighted by Gasteiger charge is 2.25. The van der Waals surface area contributed by atoms with Crippen molar-refractivity contribution < 1.29 is 9.53 Å². The minimum absolute atomic E-state index is 0.170. The van der Waals surface area contributed by atoms with E-state index in [2.05, 4.69) is 0 Å². The van der Waals surface area contributed by atoms with Crippen LogP contribution in [-0.4, -0.2) is 29.7 Å². The molecule has 0 saturated heterocycles. The fourth-order valence-corrected chi connectivity index (χ4v) is 1.65. The van der Waals surface area contributed by atoms with E-state index in [0.717, 1.165) is 13.1 Å². The summed E-state index contributed by atoms with van der Waals surface area (Å²) in [6, 6.07) is 0. The summed E-state index contributed by atoms with van der Waals surface area (Å²) >= 11 is 0. The van der Waals surface area contributed by atoms with E-state index in [1.54, 1.807) is 0 Å². The lowest BCUT2D eigenvalue weighted by molar-refractivity contribution is 0.0204. The normalized spacial score (nSPS) is 17.1. The van der Waals surface area contributed by atoms with Crippen molar-refractivity contribution in [2.75, 3.05) is 13.1 Å². The number of carbonyl (C=O) groups excluding carboxylic acids is 1. The Balaban J connectivity index is 2.39. The molecule has 1 aliphatic rings. The van der Waals surface area contributed by atoms with Crippen LogP contribution in [0.5, 0.6) is 0 Å². The zero-order chi connectivity index (χ0) is 11.5. The van der Waals surface area contributed by atoms with Gasteiger partial charge in [-0.05, 0) is 46.5 Å². The Morgan fingerprint density at radius 1 is 1.40 bits per heavy atom. The molecule has 0 aliphatic heterocycles. The van der Waals surface area contributed by atoms with Crippen LogP contribution in [0.2, 0.25) is 0 Å². The van der Waals surface area contributed by atoms with E-state index in [1.165, 1.54) is 19.3 Å². The minimum Gasteiger partial charge on any atom is -0.444 e. The minimum atomic E-state index is -0.385. The lowest BCUT2D eigenvalue weighted by Gasteiger charge is -2.33. The van der Waals surface area contributed by atoms with Gasteiger partial charge in [0.1, 0.15) is 5.60 Å². The Labute approximate surface area is 92.8 Å². The SMILES string of the molecule is CCN(CC1CCC1)C(=O)OC(C)(C)C. The van der Waals surface area contributed by atoms with Crippen LogP contribution < -0.4 is 0 Å². The third kappa shape index (κ3) is 4.10. The zero-order valence-corrected chi connectivity index (χ0v) is 10.4. The highest BCUT2D eigenvalue weighted by atomic mass is 16.6. The van der Waals surface area contributed by atoms with Crippen molar-refractivity contribution in [3.05, 3.63) is 0 Å². The average molecular weight is 213 g/mol. The average Bonchev–Trinajstić information content (AvgIpc) is 1.98. The van der Waals surface area contributed by atoms with Crippen LogP contribution in [-0.2, 0) is 4.74 Å². The van der Waals surface area contributed by atoms with Crippen LogP contribution in [0.1, 0.15) is 47.0 Å². The first-order chi connectivity index (χ1) is 6.92. The summed E-state index contributed by atoms with van der Waals surface area (Å²) < 4.78 is 5.35. The number of nitrogens with zero attached hydrogens (tertiary/aromatic N) is 1. The van der Waals surface area contributed by atoms with Gasteiger partial charge < -0.3 is 9.64 Å². The molecule has 1 rings (SSSR count). The maximum absolute atomic E-state index is 11.8.